The van der Waals surface area contributed by atoms with E-state index in [4.69, 9.17) is 10.00 Å². The van der Waals surface area contributed by atoms with Crippen molar-refractivity contribution >= 4 is 14.1 Å². The molecule has 70 valence electrons. The van der Waals surface area contributed by atoms with Gasteiger partial charge in [-0.15, -0.1) is 0 Å². The maximum absolute atomic E-state index is 9.97. The summed E-state index contributed by atoms with van der Waals surface area (Å²) in [4.78, 5) is 27.7. The van der Waals surface area contributed by atoms with Crippen molar-refractivity contribution in [2.75, 3.05) is 6.61 Å². The van der Waals surface area contributed by atoms with Crippen LogP contribution in [0.15, 0.2) is 12.2 Å². The lowest BCUT2D eigenvalue weighted by Gasteiger charge is -2.16. The zero-order valence-corrected chi connectivity index (χ0v) is 6.89. The Hall–Kier alpha value is -0.520. The van der Waals surface area contributed by atoms with E-state index in [1.807, 2.05) is 0 Å². The van der Waals surface area contributed by atoms with Crippen molar-refractivity contribution in [1.82, 2.24) is 0 Å². The first kappa shape index (κ1) is 11.5. The minimum absolute atomic E-state index is 0.416. The molecule has 6 nitrogen and oxygen atoms in total. The van der Waals surface area contributed by atoms with Crippen LogP contribution in [-0.2, 0) is 13.9 Å². The number of hydrogen-bond acceptors (Lipinski definition) is 5. The van der Waals surface area contributed by atoms with Gasteiger partial charge in [-0.2, -0.15) is 0 Å². The average Bonchev–Trinajstić information content (AvgIpc) is 1.95. The second kappa shape index (κ2) is 5.18. The van der Waals surface area contributed by atoms with E-state index in [9.17, 15) is 14.3 Å². The standard InChI is InChI=1S/C5H9O6P/c6-3-1-2-5(7)4-11-12(8,9)10/h1-3,5,7H,4H2,(H2,8,9,10)/p-1/b2-1+. The zero-order valence-electron chi connectivity index (χ0n) is 5.99. The molecule has 0 aromatic carbocycles. The number of aldehydes is 1. The Labute approximate surface area is 68.7 Å². The number of phosphoric acid groups is 1. The van der Waals surface area contributed by atoms with Crippen molar-refractivity contribution in [3.05, 3.63) is 12.2 Å². The van der Waals surface area contributed by atoms with Crippen LogP contribution in [-0.4, -0.2) is 29.0 Å². The Morgan fingerprint density at radius 2 is 2.25 bits per heavy atom. The van der Waals surface area contributed by atoms with Gasteiger partial charge in [-0.1, -0.05) is 6.08 Å². The van der Waals surface area contributed by atoms with Crippen LogP contribution in [0, 0.1) is 0 Å². The number of phosphoric ester groups is 1. The second-order valence-corrected chi connectivity index (χ2v) is 3.05. The van der Waals surface area contributed by atoms with E-state index in [1.165, 1.54) is 0 Å². The highest BCUT2D eigenvalue weighted by atomic mass is 31.2. The quantitative estimate of drug-likeness (QED) is 0.316. The van der Waals surface area contributed by atoms with Gasteiger partial charge in [-0.3, -0.25) is 9.36 Å². The lowest BCUT2D eigenvalue weighted by atomic mass is 10.3. The highest BCUT2D eigenvalue weighted by molar-refractivity contribution is 7.44. The fourth-order valence-electron chi connectivity index (χ4n) is 0.400. The molecule has 0 radical (unpaired) electrons. The normalized spacial score (nSPS) is 18.9. The van der Waals surface area contributed by atoms with Gasteiger partial charge in [-0.25, -0.2) is 0 Å². The van der Waals surface area contributed by atoms with Gasteiger partial charge in [0.15, 0.2) is 0 Å². The lowest BCUT2D eigenvalue weighted by molar-refractivity contribution is -0.221. The van der Waals surface area contributed by atoms with Crippen molar-refractivity contribution < 1.29 is 28.8 Å². The SMILES string of the molecule is O=C/C=C/C(O)COP(=O)([O-])O. The van der Waals surface area contributed by atoms with E-state index in [-0.39, 0.29) is 0 Å². The third-order valence-corrected chi connectivity index (χ3v) is 1.30. The molecular formula is C5H8O6P-. The van der Waals surface area contributed by atoms with Gasteiger partial charge in [0.2, 0.25) is 0 Å². The zero-order chi connectivity index (χ0) is 9.61. The third-order valence-electron chi connectivity index (χ3n) is 0.820. The third kappa shape index (κ3) is 7.59. The predicted octanol–water partition coefficient (Wildman–Crippen LogP) is -1.42. The summed E-state index contributed by atoms with van der Waals surface area (Å²) in [6.45, 7) is -0.610. The van der Waals surface area contributed by atoms with Gasteiger partial charge in [0.1, 0.15) is 6.29 Å². The molecule has 0 bridgehead atoms. The number of carbonyl (C=O) groups is 1. The van der Waals surface area contributed by atoms with Crippen LogP contribution < -0.4 is 4.89 Å². The molecule has 0 fully saturated rings. The highest BCUT2D eigenvalue weighted by Crippen LogP contribution is 2.30. The van der Waals surface area contributed by atoms with E-state index in [2.05, 4.69) is 4.52 Å². The molecule has 0 heterocycles. The molecule has 0 aliphatic rings. The van der Waals surface area contributed by atoms with E-state index in [0.29, 0.717) is 6.29 Å². The average molecular weight is 195 g/mol. The molecule has 0 spiro atoms. The molecule has 12 heavy (non-hydrogen) atoms. The Morgan fingerprint density at radius 3 is 2.67 bits per heavy atom. The molecule has 0 amide bonds. The minimum atomic E-state index is -4.78. The molecule has 0 aliphatic carbocycles. The number of hydrogen-bond donors (Lipinski definition) is 2. The molecule has 2 unspecified atom stereocenters. The summed E-state index contributed by atoms with van der Waals surface area (Å²) in [6.07, 6.45) is 1.20. The summed E-state index contributed by atoms with van der Waals surface area (Å²) in [5.74, 6) is 0. The molecule has 0 aromatic heterocycles. The molecule has 2 N–H and O–H groups in total. The van der Waals surface area contributed by atoms with Crippen molar-refractivity contribution in [3.8, 4) is 0 Å². The van der Waals surface area contributed by atoms with E-state index in [0.717, 1.165) is 12.2 Å². The largest absolute Gasteiger partial charge is 0.756 e. The van der Waals surface area contributed by atoms with Crippen molar-refractivity contribution in [2.24, 2.45) is 0 Å². The second-order valence-electron chi connectivity index (χ2n) is 1.85. The van der Waals surface area contributed by atoms with Crippen LogP contribution in [0.1, 0.15) is 0 Å². The van der Waals surface area contributed by atoms with Gasteiger partial charge in [0.05, 0.1) is 12.7 Å². The maximum atomic E-state index is 9.97. The molecule has 0 aromatic rings. The number of rotatable bonds is 5. The summed E-state index contributed by atoms with van der Waals surface area (Å²) < 4.78 is 13.8. The number of aliphatic hydroxyl groups is 1. The van der Waals surface area contributed by atoms with Gasteiger partial charge < -0.3 is 19.4 Å². The molecule has 2 atom stereocenters. The molecular weight excluding hydrogens is 187 g/mol. The van der Waals surface area contributed by atoms with E-state index >= 15 is 0 Å². The predicted molar refractivity (Wildman–Crippen MR) is 37.0 cm³/mol. The smallest absolute Gasteiger partial charge is 0.265 e. The van der Waals surface area contributed by atoms with Crippen molar-refractivity contribution in [1.29, 1.82) is 0 Å². The highest BCUT2D eigenvalue weighted by Gasteiger charge is 2.05. The van der Waals surface area contributed by atoms with Crippen LogP contribution in [0.5, 0.6) is 0 Å². The van der Waals surface area contributed by atoms with Crippen molar-refractivity contribution in [2.45, 2.75) is 6.10 Å². The Morgan fingerprint density at radius 1 is 1.67 bits per heavy atom. The van der Waals surface area contributed by atoms with Gasteiger partial charge in [-0.05, 0) is 6.08 Å². The van der Waals surface area contributed by atoms with Gasteiger partial charge >= 0.3 is 0 Å². The van der Waals surface area contributed by atoms with Crippen LogP contribution in [0.3, 0.4) is 0 Å². The van der Waals surface area contributed by atoms with Gasteiger partial charge in [0, 0.05) is 0 Å². The first-order valence-corrected chi connectivity index (χ1v) is 4.43. The van der Waals surface area contributed by atoms with Crippen LogP contribution in [0.25, 0.3) is 0 Å². The summed E-state index contributed by atoms with van der Waals surface area (Å²) in [6, 6.07) is 0. The Balaban J connectivity index is 3.71. The number of allylic oxidation sites excluding steroid dienone is 1. The van der Waals surface area contributed by atoms with Crippen LogP contribution in [0.4, 0.5) is 0 Å². The lowest BCUT2D eigenvalue weighted by Crippen LogP contribution is -2.14. The van der Waals surface area contributed by atoms with E-state index < -0.39 is 20.5 Å². The summed E-state index contributed by atoms with van der Waals surface area (Å²) in [7, 11) is -4.78. The molecule has 7 heteroatoms. The van der Waals surface area contributed by atoms with Gasteiger partial charge in [0.25, 0.3) is 7.82 Å². The minimum Gasteiger partial charge on any atom is -0.756 e. The molecule has 0 aliphatic heterocycles. The first-order chi connectivity index (χ1) is 5.45. The number of aliphatic hydroxyl groups excluding tert-OH is 1. The fraction of sp³-hybridized carbons (Fsp3) is 0.400. The van der Waals surface area contributed by atoms with Crippen LogP contribution in [0.2, 0.25) is 0 Å². The molecule has 0 rings (SSSR count). The summed E-state index contributed by atoms with van der Waals surface area (Å²) >= 11 is 0. The summed E-state index contributed by atoms with van der Waals surface area (Å²) in [5.41, 5.74) is 0. The van der Waals surface area contributed by atoms with E-state index in [1.54, 1.807) is 0 Å². The Bertz CT molecular complexity index is 206. The molecule has 0 saturated heterocycles. The number of carbonyl (C=O) groups excluding carboxylic acids is 1. The maximum Gasteiger partial charge on any atom is 0.265 e. The topological polar surface area (TPSA) is 107 Å². The summed E-state index contributed by atoms with van der Waals surface area (Å²) in [5, 5.41) is 8.80. The fourth-order valence-corrected chi connectivity index (χ4v) is 0.741. The molecule has 0 saturated carbocycles. The van der Waals surface area contributed by atoms with Crippen molar-refractivity contribution in [3.63, 3.8) is 0 Å². The monoisotopic (exact) mass is 195 g/mol. The first-order valence-electron chi connectivity index (χ1n) is 2.94. The Kier molecular flexibility index (Phi) is 4.96. The van der Waals surface area contributed by atoms with Crippen LogP contribution >= 0.6 is 7.82 Å².